The third-order valence-electron chi connectivity index (χ3n) is 3.53. The molecule has 0 radical (unpaired) electrons. The average molecular weight is 273 g/mol. The zero-order chi connectivity index (χ0) is 14.4. The lowest BCUT2D eigenvalue weighted by molar-refractivity contribution is 0.558. The topological polar surface area (TPSA) is 33.5 Å². The molecule has 3 nitrogen and oxygen atoms in total. The minimum Gasteiger partial charge on any atom is -0.420 e. The van der Waals surface area contributed by atoms with Crippen LogP contribution in [0.15, 0.2) is 39.5 Å². The number of rotatable bonds is 7. The van der Waals surface area contributed by atoms with Gasteiger partial charge in [-0.1, -0.05) is 38.8 Å². The van der Waals surface area contributed by atoms with Crippen molar-refractivity contribution < 1.29 is 4.42 Å². The number of anilines is 1. The Morgan fingerprint density at radius 2 is 1.70 bits per heavy atom. The van der Waals surface area contributed by atoms with Gasteiger partial charge in [-0.05, 0) is 25.0 Å². The molecule has 2 rings (SSSR count). The van der Waals surface area contributed by atoms with E-state index in [1.54, 1.807) is 0 Å². The van der Waals surface area contributed by atoms with Crippen molar-refractivity contribution >= 4 is 16.7 Å². The molecule has 0 N–H and O–H groups in total. The Balaban J connectivity index is 2.40. The van der Waals surface area contributed by atoms with Crippen LogP contribution in [0.4, 0.5) is 5.69 Å². The highest BCUT2D eigenvalue weighted by atomic mass is 16.4. The fraction of sp³-hybridized carbons (Fsp3) is 0.471. The van der Waals surface area contributed by atoms with Crippen LogP contribution in [0.2, 0.25) is 0 Å². The van der Waals surface area contributed by atoms with Gasteiger partial charge in [0, 0.05) is 24.5 Å². The third-order valence-corrected chi connectivity index (χ3v) is 3.53. The zero-order valence-electron chi connectivity index (χ0n) is 12.4. The smallest absolute Gasteiger partial charge is 0.336 e. The lowest BCUT2D eigenvalue weighted by Gasteiger charge is -2.25. The standard InChI is InChI=1S/C17H23NO2/c1-3-5-12-18(13-6-4-2)15-9-7-8-14-10-11-16(19)20-17(14)15/h7-11H,3-6,12-13H2,1-2H3. The van der Waals surface area contributed by atoms with E-state index in [2.05, 4.69) is 24.8 Å². The van der Waals surface area contributed by atoms with E-state index in [1.807, 2.05) is 18.2 Å². The molecule has 0 aliphatic rings. The molecule has 1 aromatic heterocycles. The largest absolute Gasteiger partial charge is 0.420 e. The molecule has 0 amide bonds. The van der Waals surface area contributed by atoms with Crippen LogP contribution in [0.5, 0.6) is 0 Å². The Morgan fingerprint density at radius 3 is 2.35 bits per heavy atom. The van der Waals surface area contributed by atoms with Gasteiger partial charge < -0.3 is 9.32 Å². The molecule has 1 aromatic carbocycles. The normalized spacial score (nSPS) is 10.9. The van der Waals surface area contributed by atoms with Crippen LogP contribution >= 0.6 is 0 Å². The van der Waals surface area contributed by atoms with Gasteiger partial charge in [-0.15, -0.1) is 0 Å². The van der Waals surface area contributed by atoms with Gasteiger partial charge in [-0.2, -0.15) is 0 Å². The van der Waals surface area contributed by atoms with Gasteiger partial charge in [0.15, 0.2) is 5.58 Å². The molecule has 0 atom stereocenters. The van der Waals surface area contributed by atoms with Gasteiger partial charge in [0.1, 0.15) is 0 Å². The van der Waals surface area contributed by atoms with Crippen molar-refractivity contribution in [3.63, 3.8) is 0 Å². The molecular weight excluding hydrogens is 250 g/mol. The van der Waals surface area contributed by atoms with E-state index in [4.69, 9.17) is 4.42 Å². The molecule has 0 saturated heterocycles. The molecule has 0 aliphatic heterocycles. The second-order valence-electron chi connectivity index (χ2n) is 5.14. The summed E-state index contributed by atoms with van der Waals surface area (Å²) in [6, 6.07) is 9.38. The zero-order valence-corrected chi connectivity index (χ0v) is 12.4. The number of nitrogens with zero attached hydrogens (tertiary/aromatic N) is 1. The Bertz CT molecular complexity index is 595. The molecular formula is C17H23NO2. The SMILES string of the molecule is CCCCN(CCCC)c1cccc2ccc(=O)oc12. The molecule has 1 heterocycles. The molecule has 0 saturated carbocycles. The lowest BCUT2D eigenvalue weighted by atomic mass is 10.1. The summed E-state index contributed by atoms with van der Waals surface area (Å²) >= 11 is 0. The first-order valence-corrected chi connectivity index (χ1v) is 7.54. The molecule has 0 spiro atoms. The van der Waals surface area contributed by atoms with Gasteiger partial charge >= 0.3 is 5.63 Å². The summed E-state index contributed by atoms with van der Waals surface area (Å²) in [5.41, 5.74) is 1.48. The van der Waals surface area contributed by atoms with Crippen molar-refractivity contribution in [1.82, 2.24) is 0 Å². The Morgan fingerprint density at radius 1 is 1.00 bits per heavy atom. The molecule has 20 heavy (non-hydrogen) atoms. The van der Waals surface area contributed by atoms with Crippen LogP contribution in [-0.4, -0.2) is 13.1 Å². The monoisotopic (exact) mass is 273 g/mol. The van der Waals surface area contributed by atoms with Crippen molar-refractivity contribution in [2.75, 3.05) is 18.0 Å². The summed E-state index contributed by atoms with van der Waals surface area (Å²) in [7, 11) is 0. The maximum atomic E-state index is 11.5. The van der Waals surface area contributed by atoms with Gasteiger partial charge in [-0.3, -0.25) is 0 Å². The van der Waals surface area contributed by atoms with Crippen molar-refractivity contribution in [3.8, 4) is 0 Å². The fourth-order valence-corrected chi connectivity index (χ4v) is 2.38. The van der Waals surface area contributed by atoms with Crippen LogP contribution in [0.25, 0.3) is 11.0 Å². The van der Waals surface area contributed by atoms with E-state index in [0.29, 0.717) is 5.58 Å². The maximum Gasteiger partial charge on any atom is 0.336 e. The second kappa shape index (κ2) is 7.13. The van der Waals surface area contributed by atoms with Crippen LogP contribution in [-0.2, 0) is 0 Å². The Kier molecular flexibility index (Phi) is 5.22. The predicted octanol–water partition coefficient (Wildman–Crippen LogP) is 4.20. The third kappa shape index (κ3) is 3.41. The summed E-state index contributed by atoms with van der Waals surface area (Å²) in [5.74, 6) is 0. The number of hydrogen-bond donors (Lipinski definition) is 0. The van der Waals surface area contributed by atoms with Crippen molar-refractivity contribution in [2.24, 2.45) is 0 Å². The highest BCUT2D eigenvalue weighted by molar-refractivity contribution is 5.88. The number of fused-ring (bicyclic) bond motifs is 1. The first-order chi connectivity index (χ1) is 9.76. The lowest BCUT2D eigenvalue weighted by Crippen LogP contribution is -2.25. The summed E-state index contributed by atoms with van der Waals surface area (Å²) in [4.78, 5) is 13.8. The minimum atomic E-state index is -0.282. The number of para-hydroxylation sites is 1. The molecule has 0 bridgehead atoms. The first kappa shape index (κ1) is 14.6. The Hall–Kier alpha value is -1.77. The van der Waals surface area contributed by atoms with Crippen molar-refractivity contribution in [3.05, 3.63) is 40.8 Å². The highest BCUT2D eigenvalue weighted by Crippen LogP contribution is 2.26. The molecule has 0 aliphatic carbocycles. The molecule has 0 unspecified atom stereocenters. The van der Waals surface area contributed by atoms with E-state index < -0.39 is 0 Å². The first-order valence-electron chi connectivity index (χ1n) is 7.54. The number of benzene rings is 1. The van der Waals surface area contributed by atoms with E-state index in [-0.39, 0.29) is 5.63 Å². The number of unbranched alkanes of at least 4 members (excludes halogenated alkanes) is 2. The second-order valence-corrected chi connectivity index (χ2v) is 5.14. The highest BCUT2D eigenvalue weighted by Gasteiger charge is 2.11. The quantitative estimate of drug-likeness (QED) is 0.709. The van der Waals surface area contributed by atoms with E-state index in [0.717, 1.165) is 49.8 Å². The predicted molar refractivity (Wildman–Crippen MR) is 84.5 cm³/mol. The van der Waals surface area contributed by atoms with Gasteiger partial charge in [0.05, 0.1) is 5.69 Å². The van der Waals surface area contributed by atoms with Gasteiger partial charge in [0.2, 0.25) is 0 Å². The van der Waals surface area contributed by atoms with Gasteiger partial charge in [-0.25, -0.2) is 4.79 Å². The molecule has 0 fully saturated rings. The minimum absolute atomic E-state index is 0.282. The maximum absolute atomic E-state index is 11.5. The van der Waals surface area contributed by atoms with Crippen LogP contribution < -0.4 is 10.5 Å². The van der Waals surface area contributed by atoms with Crippen LogP contribution in [0.1, 0.15) is 39.5 Å². The van der Waals surface area contributed by atoms with Crippen molar-refractivity contribution in [2.45, 2.75) is 39.5 Å². The van der Waals surface area contributed by atoms with E-state index >= 15 is 0 Å². The summed E-state index contributed by atoms with van der Waals surface area (Å²) in [6.45, 7) is 6.41. The van der Waals surface area contributed by atoms with Crippen molar-refractivity contribution in [1.29, 1.82) is 0 Å². The van der Waals surface area contributed by atoms with Crippen LogP contribution in [0, 0.1) is 0 Å². The molecule has 2 aromatic rings. The van der Waals surface area contributed by atoms with Gasteiger partial charge in [0.25, 0.3) is 0 Å². The summed E-state index contributed by atoms with van der Waals surface area (Å²) in [5, 5.41) is 0.986. The number of hydrogen-bond acceptors (Lipinski definition) is 3. The van der Waals surface area contributed by atoms with E-state index in [9.17, 15) is 4.79 Å². The van der Waals surface area contributed by atoms with E-state index in [1.165, 1.54) is 6.07 Å². The fourth-order valence-electron chi connectivity index (χ4n) is 2.38. The van der Waals surface area contributed by atoms with Crippen LogP contribution in [0.3, 0.4) is 0 Å². The summed E-state index contributed by atoms with van der Waals surface area (Å²) in [6.07, 6.45) is 4.63. The molecule has 108 valence electrons. The average Bonchev–Trinajstić information content (AvgIpc) is 2.47. The Labute approximate surface area is 120 Å². The molecule has 3 heteroatoms. The summed E-state index contributed by atoms with van der Waals surface area (Å²) < 4.78 is 5.44.